The van der Waals surface area contributed by atoms with Gasteiger partial charge in [0.15, 0.2) is 5.96 Å². The van der Waals surface area contributed by atoms with Gasteiger partial charge in [-0.15, -0.1) is 12.4 Å². The molecule has 0 aliphatic carbocycles. The van der Waals surface area contributed by atoms with Crippen molar-refractivity contribution >= 4 is 46.8 Å². The highest BCUT2D eigenvalue weighted by Gasteiger charge is 2.31. The zero-order valence-corrected chi connectivity index (χ0v) is 17.6. The molecule has 1 aromatic carbocycles. The molecule has 2 amide bonds. The zero-order chi connectivity index (χ0) is 21.7. The fourth-order valence-corrected chi connectivity index (χ4v) is 3.03. The monoisotopic (exact) mass is 438 g/mol. The van der Waals surface area contributed by atoms with E-state index in [-0.39, 0.29) is 31.3 Å². The van der Waals surface area contributed by atoms with Crippen LogP contribution >= 0.6 is 12.4 Å². The van der Waals surface area contributed by atoms with Gasteiger partial charge in [0.05, 0.1) is 6.04 Å². The van der Waals surface area contributed by atoms with Crippen LogP contribution in [0.2, 0.25) is 0 Å². The maximum absolute atomic E-state index is 12.9. The van der Waals surface area contributed by atoms with Crippen LogP contribution in [0.25, 0.3) is 11.0 Å². The summed E-state index contributed by atoms with van der Waals surface area (Å²) in [5, 5.41) is 0.633. The Bertz CT molecular complexity index is 1000. The van der Waals surface area contributed by atoms with E-state index in [2.05, 4.69) is 4.99 Å². The highest BCUT2D eigenvalue weighted by molar-refractivity contribution is 6.04. The normalized spacial score (nSPS) is 12.5. The number of halogens is 1. The molecule has 1 heterocycles. The van der Waals surface area contributed by atoms with E-state index < -0.39 is 29.5 Å². The van der Waals surface area contributed by atoms with E-state index in [0.29, 0.717) is 28.6 Å². The Balaban J connectivity index is 0.00000450. The number of primary amides is 1. The average Bonchev–Trinajstić information content (AvgIpc) is 2.63. The fraction of sp³-hybridized carbons (Fsp3) is 0.368. The predicted octanol–water partition coefficient (Wildman–Crippen LogP) is 0.111. The van der Waals surface area contributed by atoms with Crippen LogP contribution in [0.15, 0.2) is 38.5 Å². The van der Waals surface area contributed by atoms with E-state index in [0.717, 1.165) is 0 Å². The number of nitrogens with zero attached hydrogens (tertiary/aromatic N) is 2. The maximum atomic E-state index is 12.9. The number of nitrogens with two attached hydrogens (primary N) is 4. The van der Waals surface area contributed by atoms with E-state index in [1.54, 1.807) is 25.1 Å². The first kappa shape index (κ1) is 24.9. The Hall–Kier alpha value is -3.11. The second kappa shape index (κ2) is 10.6. The van der Waals surface area contributed by atoms with Gasteiger partial charge < -0.3 is 27.4 Å². The quantitative estimate of drug-likeness (QED) is 0.195. The molecule has 2 rings (SSSR count). The van der Waals surface area contributed by atoms with Crippen LogP contribution in [0.5, 0.6) is 0 Å². The number of fused-ring (bicyclic) bond motifs is 1. The number of hydrogen-bond acceptors (Lipinski definition) is 6. The van der Waals surface area contributed by atoms with Gasteiger partial charge in [0.1, 0.15) is 11.6 Å². The third-order valence-corrected chi connectivity index (χ3v) is 4.41. The molecule has 8 N–H and O–H groups in total. The SMILES string of the molecule is Cc1cc(=O)oc2ccc(N(C(=O)[C@H](C)N)[C@@H](CCCN=C(N)N)C(N)=O)cc12.Cl. The number of carbonyl (C=O) groups is 2. The van der Waals surface area contributed by atoms with Crippen LogP contribution in [0.4, 0.5) is 5.69 Å². The lowest BCUT2D eigenvalue weighted by Gasteiger charge is -2.31. The number of benzene rings is 1. The van der Waals surface area contributed by atoms with Gasteiger partial charge in [0.2, 0.25) is 11.8 Å². The van der Waals surface area contributed by atoms with Crippen molar-refractivity contribution in [3.05, 3.63) is 40.2 Å². The molecule has 0 radical (unpaired) electrons. The highest BCUT2D eigenvalue weighted by Crippen LogP contribution is 2.27. The largest absolute Gasteiger partial charge is 0.423 e. The van der Waals surface area contributed by atoms with E-state index >= 15 is 0 Å². The first-order valence-corrected chi connectivity index (χ1v) is 9.09. The molecule has 0 aliphatic heterocycles. The highest BCUT2D eigenvalue weighted by atomic mass is 35.5. The molecule has 0 aliphatic rings. The van der Waals surface area contributed by atoms with Crippen molar-refractivity contribution < 1.29 is 14.0 Å². The average molecular weight is 439 g/mol. The van der Waals surface area contributed by atoms with Gasteiger partial charge in [0, 0.05) is 23.7 Å². The van der Waals surface area contributed by atoms with Crippen LogP contribution in [-0.2, 0) is 9.59 Å². The lowest BCUT2D eigenvalue weighted by molar-refractivity contribution is -0.125. The van der Waals surface area contributed by atoms with Crippen molar-refractivity contribution in [3.63, 3.8) is 0 Å². The standard InChI is InChI=1S/C19H26N6O4.ClH/c1-10-8-16(26)29-15-6-5-12(9-13(10)15)25(18(28)11(2)20)14(17(21)27)4-3-7-24-19(22)23;/h5-6,8-9,11,14H,3-4,7,20H2,1-2H3,(H2,21,27)(H4,22,23,24);1H/t11-,14-;/m0./s1. The minimum Gasteiger partial charge on any atom is -0.423 e. The van der Waals surface area contributed by atoms with Gasteiger partial charge in [-0.05, 0) is 50.5 Å². The minimum absolute atomic E-state index is 0. The summed E-state index contributed by atoms with van der Waals surface area (Å²) in [6.07, 6.45) is 0.668. The molecule has 30 heavy (non-hydrogen) atoms. The third-order valence-electron chi connectivity index (χ3n) is 4.41. The van der Waals surface area contributed by atoms with Crippen LogP contribution < -0.4 is 33.5 Å². The number of carbonyl (C=O) groups excluding carboxylic acids is 2. The fourth-order valence-electron chi connectivity index (χ4n) is 3.03. The van der Waals surface area contributed by atoms with Crippen molar-refractivity contribution in [2.45, 2.75) is 38.8 Å². The summed E-state index contributed by atoms with van der Waals surface area (Å²) >= 11 is 0. The number of anilines is 1. The maximum Gasteiger partial charge on any atom is 0.336 e. The summed E-state index contributed by atoms with van der Waals surface area (Å²) in [6.45, 7) is 3.56. The molecule has 10 nitrogen and oxygen atoms in total. The van der Waals surface area contributed by atoms with E-state index in [4.69, 9.17) is 27.4 Å². The molecule has 164 valence electrons. The van der Waals surface area contributed by atoms with Crippen LogP contribution in [0, 0.1) is 6.92 Å². The number of guanidine groups is 1. The Morgan fingerprint density at radius 2 is 1.87 bits per heavy atom. The summed E-state index contributed by atoms with van der Waals surface area (Å²) in [6, 6.07) is 4.36. The van der Waals surface area contributed by atoms with E-state index in [9.17, 15) is 14.4 Å². The van der Waals surface area contributed by atoms with Crippen molar-refractivity contribution in [3.8, 4) is 0 Å². The molecule has 2 atom stereocenters. The smallest absolute Gasteiger partial charge is 0.336 e. The first-order chi connectivity index (χ1) is 13.6. The number of aliphatic imine (C=N–C) groups is 1. The number of rotatable bonds is 8. The molecule has 0 unspecified atom stereocenters. The Kier molecular flexibility index (Phi) is 8.81. The van der Waals surface area contributed by atoms with Crippen molar-refractivity contribution in [2.24, 2.45) is 27.9 Å². The summed E-state index contributed by atoms with van der Waals surface area (Å²) in [4.78, 5) is 41.8. The zero-order valence-electron chi connectivity index (χ0n) is 16.8. The topological polar surface area (TPSA) is 184 Å². The molecule has 0 bridgehead atoms. The molecule has 0 saturated heterocycles. The molecule has 0 fully saturated rings. The molecule has 1 aromatic heterocycles. The molecule has 0 saturated carbocycles. The summed E-state index contributed by atoms with van der Waals surface area (Å²) in [7, 11) is 0. The van der Waals surface area contributed by atoms with Crippen LogP contribution in [0.3, 0.4) is 0 Å². The second-order valence-corrected chi connectivity index (χ2v) is 6.79. The Morgan fingerprint density at radius 1 is 1.20 bits per heavy atom. The van der Waals surface area contributed by atoms with Gasteiger partial charge in [-0.3, -0.25) is 19.5 Å². The van der Waals surface area contributed by atoms with Crippen LogP contribution in [0.1, 0.15) is 25.3 Å². The molecule has 0 spiro atoms. The Labute approximate surface area is 179 Å². The Morgan fingerprint density at radius 3 is 2.43 bits per heavy atom. The van der Waals surface area contributed by atoms with Crippen molar-refractivity contribution in [2.75, 3.05) is 11.4 Å². The first-order valence-electron chi connectivity index (χ1n) is 9.09. The van der Waals surface area contributed by atoms with Crippen LogP contribution in [-0.4, -0.2) is 36.4 Å². The minimum atomic E-state index is -0.948. The number of amides is 2. The summed E-state index contributed by atoms with van der Waals surface area (Å²) in [5.41, 5.74) is 23.0. The molecular weight excluding hydrogens is 412 g/mol. The van der Waals surface area contributed by atoms with Gasteiger partial charge in [-0.1, -0.05) is 0 Å². The lowest BCUT2D eigenvalue weighted by Crippen LogP contribution is -2.53. The molecular formula is C19H27ClN6O4. The van der Waals surface area contributed by atoms with Crippen molar-refractivity contribution in [1.29, 1.82) is 0 Å². The molecule has 11 heteroatoms. The van der Waals surface area contributed by atoms with Gasteiger partial charge in [-0.25, -0.2) is 4.79 Å². The van der Waals surface area contributed by atoms with Gasteiger partial charge in [-0.2, -0.15) is 0 Å². The summed E-state index contributed by atoms with van der Waals surface area (Å²) in [5.74, 6) is -1.21. The molecule has 2 aromatic rings. The predicted molar refractivity (Wildman–Crippen MR) is 118 cm³/mol. The third kappa shape index (κ3) is 5.94. The van der Waals surface area contributed by atoms with E-state index in [1.165, 1.54) is 17.9 Å². The lowest BCUT2D eigenvalue weighted by atomic mass is 10.0. The number of aryl methyl sites for hydroxylation is 1. The number of hydrogen-bond donors (Lipinski definition) is 4. The summed E-state index contributed by atoms with van der Waals surface area (Å²) < 4.78 is 5.18. The van der Waals surface area contributed by atoms with Gasteiger partial charge >= 0.3 is 5.63 Å². The van der Waals surface area contributed by atoms with Gasteiger partial charge in [0.25, 0.3) is 0 Å². The van der Waals surface area contributed by atoms with E-state index in [1.807, 2.05) is 0 Å². The van der Waals surface area contributed by atoms with Crippen molar-refractivity contribution in [1.82, 2.24) is 0 Å². The second-order valence-electron chi connectivity index (χ2n) is 6.79.